The molecule has 0 bridgehead atoms. The largest absolute Gasteiger partial charge is 0.352 e. The van der Waals surface area contributed by atoms with E-state index in [9.17, 15) is 20.2 Å². The highest BCUT2D eigenvalue weighted by atomic mass is 16.6. The van der Waals surface area contributed by atoms with Gasteiger partial charge in [-0.1, -0.05) is 0 Å². The van der Waals surface area contributed by atoms with Gasteiger partial charge in [-0.25, -0.2) is 0 Å². The molecule has 0 aromatic heterocycles. The van der Waals surface area contributed by atoms with Crippen molar-refractivity contribution < 1.29 is 19.3 Å². The van der Waals surface area contributed by atoms with Crippen molar-refractivity contribution in [2.24, 2.45) is 0 Å². The van der Waals surface area contributed by atoms with Crippen LogP contribution in [-0.4, -0.2) is 35.1 Å². The van der Waals surface area contributed by atoms with E-state index in [0.717, 1.165) is 11.1 Å². The third-order valence-corrected chi connectivity index (χ3v) is 4.86. The lowest BCUT2D eigenvalue weighted by Crippen LogP contribution is -2.57. The number of nitro benzene ring substituents is 2. The third-order valence-electron chi connectivity index (χ3n) is 4.86. The maximum absolute atomic E-state index is 10.8. The second kappa shape index (κ2) is 7.60. The third kappa shape index (κ3) is 3.71. The zero-order valence-corrected chi connectivity index (χ0v) is 14.7. The molecular formula is C18H18N4O6. The lowest BCUT2D eigenvalue weighted by atomic mass is 10.1. The van der Waals surface area contributed by atoms with Crippen molar-refractivity contribution in [2.45, 2.75) is 24.7 Å². The average molecular weight is 386 g/mol. The van der Waals surface area contributed by atoms with Gasteiger partial charge in [0.05, 0.1) is 22.1 Å². The SMILES string of the molecule is O=[N+]([O-])c1ccc([C@@H]2NC[C@@H]3O[C@H](c4ccc([N+](=O)[O-])cc4)NC[C@@H]3O2)cc1. The minimum Gasteiger partial charge on any atom is -0.352 e. The van der Waals surface area contributed by atoms with Crippen molar-refractivity contribution >= 4 is 11.4 Å². The van der Waals surface area contributed by atoms with Crippen LogP contribution in [0.4, 0.5) is 11.4 Å². The van der Waals surface area contributed by atoms with E-state index in [0.29, 0.717) is 13.1 Å². The van der Waals surface area contributed by atoms with Crippen LogP contribution in [0.1, 0.15) is 23.6 Å². The summed E-state index contributed by atoms with van der Waals surface area (Å²) in [6.45, 7) is 1.11. The summed E-state index contributed by atoms with van der Waals surface area (Å²) >= 11 is 0. The summed E-state index contributed by atoms with van der Waals surface area (Å²) in [6, 6.07) is 12.5. The highest BCUT2D eigenvalue weighted by molar-refractivity contribution is 5.35. The molecule has 10 heteroatoms. The summed E-state index contributed by atoms with van der Waals surface area (Å²) in [5.74, 6) is 0. The van der Waals surface area contributed by atoms with Crippen molar-refractivity contribution in [2.75, 3.05) is 13.1 Å². The molecule has 2 heterocycles. The van der Waals surface area contributed by atoms with Gasteiger partial charge in [-0.3, -0.25) is 30.9 Å². The van der Waals surface area contributed by atoms with Crippen LogP contribution in [0, 0.1) is 20.2 Å². The Kier molecular flexibility index (Phi) is 5.01. The van der Waals surface area contributed by atoms with Crippen LogP contribution in [-0.2, 0) is 9.47 Å². The number of ether oxygens (including phenoxy) is 2. The van der Waals surface area contributed by atoms with E-state index in [1.165, 1.54) is 24.3 Å². The summed E-state index contributed by atoms with van der Waals surface area (Å²) in [7, 11) is 0. The zero-order valence-electron chi connectivity index (χ0n) is 14.7. The first-order valence-corrected chi connectivity index (χ1v) is 8.77. The highest BCUT2D eigenvalue weighted by Gasteiger charge is 2.38. The molecule has 2 N–H and O–H groups in total. The van der Waals surface area contributed by atoms with E-state index < -0.39 is 9.85 Å². The predicted octanol–water partition coefficient (Wildman–Crippen LogP) is 2.18. The van der Waals surface area contributed by atoms with Crippen LogP contribution in [0.25, 0.3) is 0 Å². The first-order chi connectivity index (χ1) is 13.5. The topological polar surface area (TPSA) is 129 Å². The molecule has 4 rings (SSSR count). The van der Waals surface area contributed by atoms with Gasteiger partial charge in [-0.2, -0.15) is 0 Å². The van der Waals surface area contributed by atoms with Gasteiger partial charge in [0.2, 0.25) is 0 Å². The van der Waals surface area contributed by atoms with Crippen molar-refractivity contribution in [3.8, 4) is 0 Å². The maximum atomic E-state index is 10.8. The number of rotatable bonds is 4. The number of fused-ring (bicyclic) bond motifs is 1. The normalized spacial score (nSPS) is 27.0. The molecule has 10 nitrogen and oxygen atoms in total. The molecule has 2 aliphatic rings. The number of hydrogen-bond acceptors (Lipinski definition) is 8. The minimum atomic E-state index is -0.438. The number of non-ortho nitro benzene ring substituents is 2. The Labute approximate surface area is 159 Å². The second-order valence-electron chi connectivity index (χ2n) is 6.62. The van der Waals surface area contributed by atoms with Gasteiger partial charge in [0, 0.05) is 37.4 Å². The Balaban J connectivity index is 1.39. The average Bonchev–Trinajstić information content (AvgIpc) is 2.73. The fourth-order valence-electron chi connectivity index (χ4n) is 3.36. The summed E-state index contributed by atoms with van der Waals surface area (Å²) in [4.78, 5) is 20.7. The molecule has 28 heavy (non-hydrogen) atoms. The minimum absolute atomic E-state index is 0.0334. The van der Waals surface area contributed by atoms with Gasteiger partial charge in [0.25, 0.3) is 11.4 Å². The van der Waals surface area contributed by atoms with Gasteiger partial charge < -0.3 is 9.47 Å². The number of nitro groups is 2. The van der Waals surface area contributed by atoms with Crippen LogP contribution < -0.4 is 10.6 Å². The van der Waals surface area contributed by atoms with Gasteiger partial charge in [0.15, 0.2) is 0 Å². The van der Waals surface area contributed by atoms with E-state index in [2.05, 4.69) is 10.6 Å². The summed E-state index contributed by atoms with van der Waals surface area (Å²) in [5.41, 5.74) is 1.68. The smallest absolute Gasteiger partial charge is 0.269 e. The number of hydrogen-bond donors (Lipinski definition) is 2. The lowest BCUT2D eigenvalue weighted by Gasteiger charge is -2.43. The fraction of sp³-hybridized carbons (Fsp3) is 0.333. The molecule has 2 aliphatic heterocycles. The molecule has 0 aliphatic carbocycles. The van der Waals surface area contributed by atoms with Gasteiger partial charge in [-0.05, 0) is 35.4 Å². The van der Waals surface area contributed by atoms with E-state index >= 15 is 0 Å². The molecule has 0 spiro atoms. The van der Waals surface area contributed by atoms with E-state index in [4.69, 9.17) is 9.47 Å². The molecule has 4 atom stereocenters. The number of nitrogens with zero attached hydrogens (tertiary/aromatic N) is 2. The highest BCUT2D eigenvalue weighted by Crippen LogP contribution is 2.30. The van der Waals surface area contributed by atoms with Gasteiger partial charge >= 0.3 is 0 Å². The van der Waals surface area contributed by atoms with Crippen LogP contribution in [0.5, 0.6) is 0 Å². The molecule has 2 fully saturated rings. The standard InChI is InChI=1S/C18H18N4O6/c23-21(24)13-5-1-11(2-6-13)17-19-9-16-15(27-17)10-20-18(28-16)12-3-7-14(8-4-12)22(25)26/h1-8,15-20H,9-10H2/t15-,16-,17+,18+/m0/s1. The molecule has 0 radical (unpaired) electrons. The van der Waals surface area contributed by atoms with Crippen molar-refractivity contribution in [3.63, 3.8) is 0 Å². The van der Waals surface area contributed by atoms with Crippen LogP contribution in [0.2, 0.25) is 0 Å². The Morgan fingerprint density at radius 1 is 0.714 bits per heavy atom. The number of benzene rings is 2. The monoisotopic (exact) mass is 386 g/mol. The Bertz CT molecular complexity index is 799. The predicted molar refractivity (Wildman–Crippen MR) is 97.4 cm³/mol. The summed E-state index contributed by atoms with van der Waals surface area (Å²) in [6.07, 6.45) is -1.11. The van der Waals surface area contributed by atoms with Crippen LogP contribution in [0.15, 0.2) is 48.5 Å². The molecular weight excluding hydrogens is 368 g/mol. The maximum Gasteiger partial charge on any atom is 0.269 e. The molecule has 2 saturated heterocycles. The first kappa shape index (κ1) is 18.4. The summed E-state index contributed by atoms with van der Waals surface area (Å²) in [5, 5.41) is 28.0. The van der Waals surface area contributed by atoms with Gasteiger partial charge in [-0.15, -0.1) is 0 Å². The Hall–Kier alpha value is -2.92. The second-order valence-corrected chi connectivity index (χ2v) is 6.62. The van der Waals surface area contributed by atoms with E-state index in [1.54, 1.807) is 24.3 Å². The van der Waals surface area contributed by atoms with Crippen LogP contribution >= 0.6 is 0 Å². The molecule has 0 amide bonds. The van der Waals surface area contributed by atoms with Crippen molar-refractivity contribution in [3.05, 3.63) is 79.9 Å². The molecule has 2 aromatic carbocycles. The zero-order chi connectivity index (χ0) is 19.7. The number of nitrogens with one attached hydrogen (secondary N) is 2. The fourth-order valence-corrected chi connectivity index (χ4v) is 3.36. The van der Waals surface area contributed by atoms with Crippen molar-refractivity contribution in [1.82, 2.24) is 10.6 Å². The Morgan fingerprint density at radius 2 is 1.07 bits per heavy atom. The molecule has 2 aromatic rings. The lowest BCUT2D eigenvalue weighted by molar-refractivity contribution is -0.385. The molecule has 0 unspecified atom stereocenters. The summed E-state index contributed by atoms with van der Waals surface area (Å²) < 4.78 is 12.1. The van der Waals surface area contributed by atoms with E-state index in [1.807, 2.05) is 0 Å². The molecule has 0 saturated carbocycles. The Morgan fingerprint density at radius 3 is 1.39 bits per heavy atom. The molecule has 146 valence electrons. The van der Waals surface area contributed by atoms with Crippen molar-refractivity contribution in [1.29, 1.82) is 0 Å². The van der Waals surface area contributed by atoms with Crippen LogP contribution in [0.3, 0.4) is 0 Å². The first-order valence-electron chi connectivity index (χ1n) is 8.77. The van der Waals surface area contributed by atoms with E-state index in [-0.39, 0.29) is 36.0 Å². The van der Waals surface area contributed by atoms with Gasteiger partial charge in [0.1, 0.15) is 12.5 Å². The quantitative estimate of drug-likeness (QED) is 0.604.